The van der Waals surface area contributed by atoms with Crippen LogP contribution >= 0.6 is 45.8 Å². The summed E-state index contributed by atoms with van der Waals surface area (Å²) in [7, 11) is 1.56. The van der Waals surface area contributed by atoms with Gasteiger partial charge >= 0.3 is 0 Å². The Morgan fingerprint density at radius 2 is 1.91 bits per heavy atom. The molecule has 1 nitrogen and oxygen atoms in total. The number of ether oxygens (including phenoxy) is 1. The van der Waals surface area contributed by atoms with E-state index in [1.54, 1.807) is 13.2 Å². The summed E-state index contributed by atoms with van der Waals surface area (Å²) in [6.45, 7) is 0. The van der Waals surface area contributed by atoms with E-state index in [0.29, 0.717) is 15.8 Å². The highest BCUT2D eigenvalue weighted by atomic mass is 127. The monoisotopic (exact) mass is 302 g/mol. The fraction of sp³-hybridized carbons (Fsp3) is 0.143. The summed E-state index contributed by atoms with van der Waals surface area (Å²) < 4.78 is 5.89. The summed E-state index contributed by atoms with van der Waals surface area (Å²) in [5.41, 5.74) is 0. The van der Waals surface area contributed by atoms with E-state index < -0.39 is 0 Å². The molecule has 60 valence electrons. The minimum atomic E-state index is 0.473. The second kappa shape index (κ2) is 3.83. The first-order valence-electron chi connectivity index (χ1n) is 2.84. The van der Waals surface area contributed by atoms with Crippen molar-refractivity contribution in [2.24, 2.45) is 0 Å². The third-order valence-electron chi connectivity index (χ3n) is 1.22. The van der Waals surface area contributed by atoms with Gasteiger partial charge in [0.2, 0.25) is 0 Å². The van der Waals surface area contributed by atoms with Crippen LogP contribution in [-0.4, -0.2) is 7.11 Å². The maximum Gasteiger partial charge on any atom is 0.139 e. The fourth-order valence-corrected chi connectivity index (χ4v) is 1.67. The molecule has 0 fully saturated rings. The third-order valence-corrected chi connectivity index (χ3v) is 3.30. The average Bonchev–Trinajstić information content (AvgIpc) is 2.01. The summed E-state index contributed by atoms with van der Waals surface area (Å²) in [5, 5.41) is 1.02. The SMILES string of the molecule is COc1ccc(I)c(Cl)c1Cl. The van der Waals surface area contributed by atoms with Gasteiger partial charge in [-0.15, -0.1) is 0 Å². The molecule has 0 amide bonds. The van der Waals surface area contributed by atoms with Crippen LogP contribution in [0.1, 0.15) is 0 Å². The van der Waals surface area contributed by atoms with E-state index in [9.17, 15) is 0 Å². The molecule has 0 aliphatic rings. The van der Waals surface area contributed by atoms with Crippen LogP contribution in [0.3, 0.4) is 0 Å². The highest BCUT2D eigenvalue weighted by molar-refractivity contribution is 14.1. The van der Waals surface area contributed by atoms with E-state index in [-0.39, 0.29) is 0 Å². The topological polar surface area (TPSA) is 9.23 Å². The van der Waals surface area contributed by atoms with E-state index in [4.69, 9.17) is 27.9 Å². The van der Waals surface area contributed by atoms with E-state index in [2.05, 4.69) is 22.6 Å². The van der Waals surface area contributed by atoms with Gasteiger partial charge < -0.3 is 4.74 Å². The smallest absolute Gasteiger partial charge is 0.139 e. The van der Waals surface area contributed by atoms with Gasteiger partial charge in [0.1, 0.15) is 10.8 Å². The van der Waals surface area contributed by atoms with Gasteiger partial charge in [-0.05, 0) is 34.7 Å². The van der Waals surface area contributed by atoms with Crippen molar-refractivity contribution in [1.82, 2.24) is 0 Å². The molecule has 0 bridgehead atoms. The molecule has 0 saturated carbocycles. The molecule has 0 radical (unpaired) electrons. The molecule has 0 heterocycles. The Morgan fingerprint density at radius 1 is 1.27 bits per heavy atom. The first-order chi connectivity index (χ1) is 5.16. The summed E-state index contributed by atoms with van der Waals surface area (Å²) in [6.07, 6.45) is 0. The Balaban J connectivity index is 3.25. The number of methoxy groups -OCH3 is 1. The second-order valence-electron chi connectivity index (χ2n) is 1.88. The molecule has 0 saturated heterocycles. The zero-order valence-electron chi connectivity index (χ0n) is 5.70. The summed E-state index contributed by atoms with van der Waals surface area (Å²) >= 11 is 13.8. The van der Waals surface area contributed by atoms with Crippen molar-refractivity contribution in [1.29, 1.82) is 0 Å². The van der Waals surface area contributed by atoms with Gasteiger partial charge in [-0.25, -0.2) is 0 Å². The highest BCUT2D eigenvalue weighted by Gasteiger charge is 2.07. The van der Waals surface area contributed by atoms with Crippen molar-refractivity contribution in [3.8, 4) is 5.75 Å². The second-order valence-corrected chi connectivity index (χ2v) is 3.80. The Kier molecular flexibility index (Phi) is 3.28. The molecule has 0 aliphatic carbocycles. The van der Waals surface area contributed by atoms with Gasteiger partial charge in [-0.3, -0.25) is 0 Å². The zero-order chi connectivity index (χ0) is 8.43. The van der Waals surface area contributed by atoms with E-state index in [1.165, 1.54) is 0 Å². The van der Waals surface area contributed by atoms with E-state index >= 15 is 0 Å². The van der Waals surface area contributed by atoms with Crippen LogP contribution in [0.15, 0.2) is 12.1 Å². The average molecular weight is 303 g/mol. The lowest BCUT2D eigenvalue weighted by Crippen LogP contribution is -1.85. The van der Waals surface area contributed by atoms with Gasteiger partial charge in [-0.2, -0.15) is 0 Å². The molecule has 1 aromatic carbocycles. The third kappa shape index (κ3) is 1.92. The molecular formula is C7H5Cl2IO. The maximum atomic E-state index is 5.84. The molecular weight excluding hydrogens is 298 g/mol. The minimum absolute atomic E-state index is 0.473. The Labute approximate surface area is 88.8 Å². The van der Waals surface area contributed by atoms with Gasteiger partial charge in [0.15, 0.2) is 0 Å². The molecule has 0 spiro atoms. The first kappa shape index (κ1) is 9.42. The Hall–Kier alpha value is 0.330. The highest BCUT2D eigenvalue weighted by Crippen LogP contribution is 2.34. The van der Waals surface area contributed by atoms with Gasteiger partial charge in [-0.1, -0.05) is 23.2 Å². The van der Waals surface area contributed by atoms with Crippen molar-refractivity contribution in [2.45, 2.75) is 0 Å². The molecule has 1 aromatic rings. The first-order valence-corrected chi connectivity index (χ1v) is 4.67. The van der Waals surface area contributed by atoms with Crippen LogP contribution in [0.2, 0.25) is 10.0 Å². The molecule has 1 rings (SSSR count). The van der Waals surface area contributed by atoms with Crippen LogP contribution in [0.4, 0.5) is 0 Å². The van der Waals surface area contributed by atoms with Gasteiger partial charge in [0, 0.05) is 3.57 Å². The largest absolute Gasteiger partial charge is 0.495 e. The Morgan fingerprint density at radius 3 is 2.45 bits per heavy atom. The normalized spacial score (nSPS) is 9.82. The van der Waals surface area contributed by atoms with Crippen molar-refractivity contribution in [3.05, 3.63) is 25.7 Å². The molecule has 0 N–H and O–H groups in total. The van der Waals surface area contributed by atoms with Crippen molar-refractivity contribution in [3.63, 3.8) is 0 Å². The summed E-state index contributed by atoms with van der Waals surface area (Å²) in [5.74, 6) is 0.608. The van der Waals surface area contributed by atoms with Crippen molar-refractivity contribution >= 4 is 45.8 Å². The number of hydrogen-bond donors (Lipinski definition) is 0. The quantitative estimate of drug-likeness (QED) is 0.569. The number of halogens is 3. The molecule has 0 atom stereocenters. The fourth-order valence-electron chi connectivity index (χ4n) is 0.666. The molecule has 0 unspecified atom stereocenters. The summed E-state index contributed by atoms with van der Waals surface area (Å²) in [6, 6.07) is 3.64. The number of rotatable bonds is 1. The van der Waals surface area contributed by atoms with Crippen LogP contribution in [0.25, 0.3) is 0 Å². The van der Waals surface area contributed by atoms with Crippen molar-refractivity contribution in [2.75, 3.05) is 7.11 Å². The lowest BCUT2D eigenvalue weighted by molar-refractivity contribution is 0.415. The van der Waals surface area contributed by atoms with E-state index in [0.717, 1.165) is 3.57 Å². The predicted molar refractivity (Wildman–Crippen MR) is 55.7 cm³/mol. The Bertz CT molecular complexity index is 275. The maximum absolute atomic E-state index is 5.84. The lowest BCUT2D eigenvalue weighted by Gasteiger charge is -2.04. The van der Waals surface area contributed by atoms with Crippen LogP contribution in [0, 0.1) is 3.57 Å². The van der Waals surface area contributed by atoms with Crippen LogP contribution < -0.4 is 4.74 Å². The molecule has 4 heteroatoms. The summed E-state index contributed by atoms with van der Waals surface area (Å²) in [4.78, 5) is 0. The lowest BCUT2D eigenvalue weighted by atomic mass is 10.3. The zero-order valence-corrected chi connectivity index (χ0v) is 9.37. The molecule has 0 aromatic heterocycles. The number of hydrogen-bond acceptors (Lipinski definition) is 1. The van der Waals surface area contributed by atoms with Crippen molar-refractivity contribution < 1.29 is 4.74 Å². The standard InChI is InChI=1S/C7H5Cl2IO/c1-11-5-3-2-4(10)6(8)7(5)9/h2-3H,1H3. The van der Waals surface area contributed by atoms with E-state index in [1.807, 2.05) is 6.07 Å². The van der Waals surface area contributed by atoms with Gasteiger partial charge in [0.25, 0.3) is 0 Å². The predicted octanol–water partition coefficient (Wildman–Crippen LogP) is 3.61. The van der Waals surface area contributed by atoms with Gasteiger partial charge in [0.05, 0.1) is 12.1 Å². The van der Waals surface area contributed by atoms with Crippen LogP contribution in [-0.2, 0) is 0 Å². The minimum Gasteiger partial charge on any atom is -0.495 e. The molecule has 0 aliphatic heterocycles. The van der Waals surface area contributed by atoms with Crippen LogP contribution in [0.5, 0.6) is 5.75 Å². The number of benzene rings is 1. The molecule has 11 heavy (non-hydrogen) atoms.